The predicted octanol–water partition coefficient (Wildman–Crippen LogP) is 16.4. The van der Waals surface area contributed by atoms with Gasteiger partial charge in [-0.15, -0.1) is 0 Å². The number of rotatable bonds is 6. The number of benzene rings is 6. The number of unbranched alkanes of at least 4 members (excludes halogenated alkanes) is 2. The zero-order chi connectivity index (χ0) is 41.4. The molecular weight excluding hydrogens is 753 g/mol. The Morgan fingerprint density at radius 2 is 1.06 bits per heavy atom. The molecule has 4 heteroatoms. The van der Waals surface area contributed by atoms with E-state index in [0.29, 0.717) is 0 Å². The molecular formula is C58H46N4. The minimum absolute atomic E-state index is 0.980. The zero-order valence-electron chi connectivity index (χ0n) is 35.7. The third-order valence-corrected chi connectivity index (χ3v) is 14.5. The molecule has 62 heavy (non-hydrogen) atoms. The number of aromatic nitrogens is 4. The second kappa shape index (κ2) is 13.2. The van der Waals surface area contributed by atoms with Gasteiger partial charge >= 0.3 is 0 Å². The van der Waals surface area contributed by atoms with E-state index in [1.807, 2.05) is 0 Å². The lowest BCUT2D eigenvalue weighted by molar-refractivity contribution is 0.796. The Kier molecular flexibility index (Phi) is 7.62. The van der Waals surface area contributed by atoms with Crippen LogP contribution in [0.25, 0.3) is 131 Å². The van der Waals surface area contributed by atoms with Gasteiger partial charge in [0.15, 0.2) is 0 Å². The average molecular weight is 799 g/mol. The van der Waals surface area contributed by atoms with Crippen molar-refractivity contribution in [1.29, 1.82) is 0 Å². The van der Waals surface area contributed by atoms with Gasteiger partial charge in [0.05, 0.1) is 22.4 Å². The lowest BCUT2D eigenvalue weighted by Crippen LogP contribution is -1.87. The Hall–Kier alpha value is -7.04. The first kappa shape index (κ1) is 35.7. The molecule has 0 unspecified atom stereocenters. The fourth-order valence-electron chi connectivity index (χ4n) is 11.4. The largest absolute Gasteiger partial charge is 0.355 e. The number of hydrogen-bond donors (Lipinski definition) is 2. The normalized spacial score (nSPS) is 13.2. The Morgan fingerprint density at radius 1 is 0.419 bits per heavy atom. The highest BCUT2D eigenvalue weighted by molar-refractivity contribution is 6.38. The van der Waals surface area contributed by atoms with Crippen LogP contribution in [0.15, 0.2) is 121 Å². The molecule has 2 N–H and O–H groups in total. The minimum atomic E-state index is 0.980. The predicted molar refractivity (Wildman–Crippen MR) is 266 cm³/mol. The number of nitrogens with zero attached hydrogens (tertiary/aromatic N) is 2. The SMILES string of the molecule is CCCCC1=C(C)c2cc3[nH]c(cc4nc(cc5[nH]c(cc1n2)c(CCCC)c5C)c1cc2c5ccccc5c5cccc(c41)c52)c1c3cc2c3c(cccc31)-c1ccccc1-2. The van der Waals surface area contributed by atoms with Crippen molar-refractivity contribution in [2.45, 2.75) is 66.2 Å². The molecule has 0 fully saturated rings. The fourth-order valence-corrected chi connectivity index (χ4v) is 11.4. The lowest BCUT2D eigenvalue weighted by atomic mass is 9.97. The number of allylic oxidation sites excluding steroid dienone is 2. The highest BCUT2D eigenvalue weighted by Gasteiger charge is 2.25. The third-order valence-electron chi connectivity index (χ3n) is 14.5. The van der Waals surface area contributed by atoms with Gasteiger partial charge < -0.3 is 9.97 Å². The van der Waals surface area contributed by atoms with Gasteiger partial charge in [-0.3, -0.25) is 0 Å². The van der Waals surface area contributed by atoms with Gasteiger partial charge in [0, 0.05) is 43.6 Å². The number of aromatic amines is 2. The monoisotopic (exact) mass is 798 g/mol. The van der Waals surface area contributed by atoms with Crippen molar-refractivity contribution in [3.63, 3.8) is 0 Å². The summed E-state index contributed by atoms with van der Waals surface area (Å²) in [5.41, 5.74) is 19.0. The van der Waals surface area contributed by atoms with Gasteiger partial charge in [-0.25, -0.2) is 9.97 Å². The van der Waals surface area contributed by atoms with Gasteiger partial charge in [0.1, 0.15) is 0 Å². The summed E-state index contributed by atoms with van der Waals surface area (Å²) in [4.78, 5) is 19.2. The number of hydrogen-bond acceptors (Lipinski definition) is 2. The van der Waals surface area contributed by atoms with Crippen LogP contribution in [-0.2, 0) is 6.42 Å². The van der Waals surface area contributed by atoms with Crippen LogP contribution in [0.1, 0.15) is 75.4 Å². The first-order valence-corrected chi connectivity index (χ1v) is 22.6. The van der Waals surface area contributed by atoms with Crippen LogP contribution in [0.5, 0.6) is 0 Å². The van der Waals surface area contributed by atoms with Crippen LogP contribution in [0.2, 0.25) is 0 Å². The maximum absolute atomic E-state index is 5.68. The molecule has 1 aliphatic carbocycles. The van der Waals surface area contributed by atoms with Crippen molar-refractivity contribution in [2.24, 2.45) is 0 Å². The molecule has 298 valence electrons. The number of aryl methyl sites for hydroxylation is 2. The van der Waals surface area contributed by atoms with E-state index in [1.54, 1.807) is 0 Å². The summed E-state index contributed by atoms with van der Waals surface area (Å²) in [6, 6.07) is 45.7. The fraction of sp³-hybridized carbons (Fsp3) is 0.172. The smallest absolute Gasteiger partial charge is 0.0743 e. The molecule has 11 aromatic rings. The molecule has 7 aromatic carbocycles. The van der Waals surface area contributed by atoms with Crippen LogP contribution >= 0.6 is 0 Å². The van der Waals surface area contributed by atoms with E-state index < -0.39 is 0 Å². The maximum Gasteiger partial charge on any atom is 0.0743 e. The standard InChI is InChI=1S/C58H46N4/c1-5-7-15-33-31(3)47-27-51-45-25-43-37-19-11-9-17-35(37)39-21-13-23-41(55(39)43)57(45)53(61-51)30-54-58-42-24-14-22-40-36-18-10-12-20-38(36)44(56(40)42)26-46(58)52(62-54)28-48-32(4)34(16-8-6-2)50(60-48)29-49(33)59-47/h9-14,17-30,59,62H,5-8,15-16H2,1-4H3. The summed E-state index contributed by atoms with van der Waals surface area (Å²) in [5.74, 6) is 0. The van der Waals surface area contributed by atoms with Gasteiger partial charge in [-0.2, -0.15) is 0 Å². The molecule has 5 heterocycles. The molecule has 8 bridgehead atoms. The summed E-state index contributed by atoms with van der Waals surface area (Å²) < 4.78 is 0. The zero-order valence-corrected chi connectivity index (χ0v) is 35.7. The topological polar surface area (TPSA) is 57.4 Å². The van der Waals surface area contributed by atoms with E-state index >= 15 is 0 Å². The van der Waals surface area contributed by atoms with Crippen LogP contribution < -0.4 is 0 Å². The van der Waals surface area contributed by atoms with Crippen molar-refractivity contribution in [3.8, 4) is 22.3 Å². The summed E-state index contributed by atoms with van der Waals surface area (Å²) >= 11 is 0. The molecule has 0 radical (unpaired) electrons. The Morgan fingerprint density at radius 3 is 1.89 bits per heavy atom. The lowest BCUT2D eigenvalue weighted by Gasteiger charge is -2.05. The molecule has 0 spiro atoms. The Balaban J connectivity index is 1.26. The van der Waals surface area contributed by atoms with Crippen LogP contribution in [0.3, 0.4) is 0 Å². The maximum atomic E-state index is 5.68. The summed E-state index contributed by atoms with van der Waals surface area (Å²) in [6.45, 7) is 9.14. The second-order valence-corrected chi connectivity index (χ2v) is 17.9. The Labute approximate surface area is 359 Å². The first-order valence-electron chi connectivity index (χ1n) is 22.6. The van der Waals surface area contributed by atoms with Gasteiger partial charge in [-0.05, 0) is 164 Å². The molecule has 0 saturated heterocycles. The summed E-state index contributed by atoms with van der Waals surface area (Å²) in [5, 5.41) is 15.1. The van der Waals surface area contributed by atoms with Crippen LogP contribution in [-0.4, -0.2) is 19.9 Å². The first-order chi connectivity index (χ1) is 30.5. The van der Waals surface area contributed by atoms with E-state index in [0.717, 1.165) is 83.0 Å². The van der Waals surface area contributed by atoms with E-state index in [1.165, 1.54) is 109 Å². The van der Waals surface area contributed by atoms with Crippen molar-refractivity contribution < 1.29 is 0 Å². The molecule has 0 saturated carbocycles. The number of nitrogens with one attached hydrogen (secondary N) is 2. The van der Waals surface area contributed by atoms with Gasteiger partial charge in [0.2, 0.25) is 0 Å². The Bertz CT molecular complexity index is 3910. The van der Waals surface area contributed by atoms with Crippen molar-refractivity contribution >= 4 is 109 Å². The summed E-state index contributed by atoms with van der Waals surface area (Å²) in [7, 11) is 0. The highest BCUT2D eigenvalue weighted by atomic mass is 14.8. The van der Waals surface area contributed by atoms with Gasteiger partial charge in [-0.1, -0.05) is 112 Å². The van der Waals surface area contributed by atoms with Crippen molar-refractivity contribution in [3.05, 3.63) is 144 Å². The van der Waals surface area contributed by atoms with E-state index in [9.17, 15) is 0 Å². The summed E-state index contributed by atoms with van der Waals surface area (Å²) in [6.07, 6.45) is 6.55. The molecule has 4 aromatic heterocycles. The minimum Gasteiger partial charge on any atom is -0.355 e. The van der Waals surface area contributed by atoms with E-state index in [2.05, 4.69) is 159 Å². The van der Waals surface area contributed by atoms with Crippen LogP contribution in [0, 0.1) is 6.92 Å². The highest BCUT2D eigenvalue weighted by Crippen LogP contribution is 2.51. The number of fused-ring (bicyclic) bond motifs is 22. The molecule has 0 atom stereocenters. The van der Waals surface area contributed by atoms with E-state index in [4.69, 9.17) is 9.97 Å². The second-order valence-electron chi connectivity index (χ2n) is 17.9. The third kappa shape index (κ3) is 4.89. The van der Waals surface area contributed by atoms with E-state index in [-0.39, 0.29) is 0 Å². The quantitative estimate of drug-likeness (QED) is 0.176. The molecule has 2 aliphatic rings. The molecule has 0 amide bonds. The average Bonchev–Trinajstić information content (AvgIpc) is 4.12. The van der Waals surface area contributed by atoms with Crippen molar-refractivity contribution in [2.75, 3.05) is 0 Å². The molecule has 13 rings (SSSR count). The number of H-pyrrole nitrogens is 2. The van der Waals surface area contributed by atoms with Crippen molar-refractivity contribution in [1.82, 2.24) is 19.9 Å². The molecule has 4 nitrogen and oxygen atoms in total. The van der Waals surface area contributed by atoms with Crippen LogP contribution in [0.4, 0.5) is 0 Å². The molecule has 1 aliphatic heterocycles. The van der Waals surface area contributed by atoms with Gasteiger partial charge in [0.25, 0.3) is 0 Å².